The van der Waals surface area contributed by atoms with Crippen LogP contribution in [0.25, 0.3) is 0 Å². The fourth-order valence-corrected chi connectivity index (χ4v) is 4.00. The lowest BCUT2D eigenvalue weighted by Gasteiger charge is -2.33. The lowest BCUT2D eigenvalue weighted by molar-refractivity contribution is -0.125. The Morgan fingerprint density at radius 3 is 2.60 bits per heavy atom. The summed E-state index contributed by atoms with van der Waals surface area (Å²) < 4.78 is 16.6. The van der Waals surface area contributed by atoms with Gasteiger partial charge >= 0.3 is 0 Å². The lowest BCUT2D eigenvalue weighted by Crippen LogP contribution is -2.44. The van der Waals surface area contributed by atoms with E-state index in [0.717, 1.165) is 17.1 Å². The molecule has 1 aliphatic rings. The summed E-state index contributed by atoms with van der Waals surface area (Å²) in [6, 6.07) is 20.0. The summed E-state index contributed by atoms with van der Waals surface area (Å²) in [4.78, 5) is 27.1. The molecule has 3 aromatic rings. The molecule has 0 radical (unpaired) electrons. The Balaban J connectivity index is 1.37. The topological polar surface area (TPSA) is 77.1 Å². The lowest BCUT2D eigenvalue weighted by atomic mass is 10.1. The van der Waals surface area contributed by atoms with Crippen molar-refractivity contribution in [3.05, 3.63) is 77.3 Å². The molecule has 1 unspecified atom stereocenters. The zero-order valence-electron chi connectivity index (χ0n) is 19.6. The molecule has 4 rings (SSSR count). The van der Waals surface area contributed by atoms with Gasteiger partial charge in [0.05, 0.1) is 25.9 Å². The van der Waals surface area contributed by atoms with E-state index in [-0.39, 0.29) is 11.8 Å². The molecule has 3 aromatic carbocycles. The SMILES string of the molecule is COc1ccc(OCCCC(=O)Nc2ccc3c(c2)N(Cc2cccc(Cl)c2)C(=O)C(C)O3)cc1. The summed E-state index contributed by atoms with van der Waals surface area (Å²) in [7, 11) is 1.61. The van der Waals surface area contributed by atoms with Gasteiger partial charge in [0, 0.05) is 17.1 Å². The van der Waals surface area contributed by atoms with Crippen LogP contribution >= 0.6 is 11.6 Å². The number of hydrogen-bond donors (Lipinski definition) is 1. The van der Waals surface area contributed by atoms with Crippen LogP contribution in [0.1, 0.15) is 25.3 Å². The predicted octanol–water partition coefficient (Wildman–Crippen LogP) is 5.46. The van der Waals surface area contributed by atoms with Crippen LogP contribution in [0, 0.1) is 0 Å². The van der Waals surface area contributed by atoms with E-state index in [9.17, 15) is 9.59 Å². The van der Waals surface area contributed by atoms with Gasteiger partial charge in [0.15, 0.2) is 6.10 Å². The van der Waals surface area contributed by atoms with E-state index in [1.165, 1.54) is 0 Å². The normalized spacial score (nSPS) is 14.7. The predicted molar refractivity (Wildman–Crippen MR) is 136 cm³/mol. The van der Waals surface area contributed by atoms with Crippen LogP contribution in [0.2, 0.25) is 5.02 Å². The third-order valence-corrected chi connectivity index (χ3v) is 5.79. The second-order valence-corrected chi connectivity index (χ2v) is 8.61. The maximum absolute atomic E-state index is 12.9. The van der Waals surface area contributed by atoms with Gasteiger partial charge in [-0.1, -0.05) is 23.7 Å². The number of nitrogens with one attached hydrogen (secondary N) is 1. The van der Waals surface area contributed by atoms with Gasteiger partial charge in [-0.3, -0.25) is 9.59 Å². The van der Waals surface area contributed by atoms with Crippen molar-refractivity contribution in [3.63, 3.8) is 0 Å². The Morgan fingerprint density at radius 2 is 1.86 bits per heavy atom. The van der Waals surface area contributed by atoms with E-state index >= 15 is 0 Å². The maximum atomic E-state index is 12.9. The molecule has 0 bridgehead atoms. The number of carbonyl (C=O) groups is 2. The third kappa shape index (κ3) is 6.25. The molecular formula is C27H27ClN2O5. The van der Waals surface area contributed by atoms with Crippen LogP contribution in [0.5, 0.6) is 17.2 Å². The van der Waals surface area contributed by atoms with Crippen molar-refractivity contribution in [2.45, 2.75) is 32.4 Å². The van der Waals surface area contributed by atoms with Crippen LogP contribution in [0.4, 0.5) is 11.4 Å². The highest BCUT2D eigenvalue weighted by Gasteiger charge is 2.32. The van der Waals surface area contributed by atoms with Gasteiger partial charge in [0.25, 0.3) is 5.91 Å². The minimum absolute atomic E-state index is 0.138. The van der Waals surface area contributed by atoms with Gasteiger partial charge in [0.2, 0.25) is 5.91 Å². The third-order valence-electron chi connectivity index (χ3n) is 5.56. The van der Waals surface area contributed by atoms with E-state index < -0.39 is 6.10 Å². The van der Waals surface area contributed by atoms with Crippen LogP contribution in [-0.4, -0.2) is 31.6 Å². The van der Waals surface area contributed by atoms with Gasteiger partial charge in [-0.05, 0) is 73.5 Å². The Hall–Kier alpha value is -3.71. The number of halogens is 1. The average Bonchev–Trinajstić information content (AvgIpc) is 2.85. The molecule has 0 aliphatic carbocycles. The molecule has 2 amide bonds. The fourth-order valence-electron chi connectivity index (χ4n) is 3.78. The molecule has 1 aliphatic heterocycles. The summed E-state index contributed by atoms with van der Waals surface area (Å²) in [5.41, 5.74) is 2.10. The van der Waals surface area contributed by atoms with Crippen molar-refractivity contribution in [1.82, 2.24) is 0 Å². The zero-order chi connectivity index (χ0) is 24.8. The molecule has 0 spiro atoms. The first-order valence-electron chi connectivity index (χ1n) is 11.4. The second-order valence-electron chi connectivity index (χ2n) is 8.17. The van der Waals surface area contributed by atoms with Crippen molar-refractivity contribution in [3.8, 4) is 17.2 Å². The number of hydrogen-bond acceptors (Lipinski definition) is 5. The van der Waals surface area contributed by atoms with E-state index in [0.29, 0.717) is 48.1 Å². The van der Waals surface area contributed by atoms with E-state index in [1.807, 2.05) is 42.5 Å². The van der Waals surface area contributed by atoms with E-state index in [2.05, 4.69) is 5.32 Å². The van der Waals surface area contributed by atoms with Crippen LogP contribution in [0.15, 0.2) is 66.7 Å². The zero-order valence-corrected chi connectivity index (χ0v) is 20.4. The molecule has 1 heterocycles. The quantitative estimate of drug-likeness (QED) is 0.400. The molecule has 0 aromatic heterocycles. The molecule has 8 heteroatoms. The minimum atomic E-state index is -0.604. The Morgan fingerprint density at radius 1 is 1.09 bits per heavy atom. The van der Waals surface area contributed by atoms with E-state index in [1.54, 1.807) is 43.2 Å². The number of nitrogens with zero attached hydrogens (tertiary/aromatic N) is 1. The first-order valence-corrected chi connectivity index (χ1v) is 11.7. The number of ether oxygens (including phenoxy) is 3. The number of fused-ring (bicyclic) bond motifs is 1. The van der Waals surface area contributed by atoms with E-state index in [4.69, 9.17) is 25.8 Å². The van der Waals surface area contributed by atoms with Gasteiger partial charge in [0.1, 0.15) is 17.2 Å². The minimum Gasteiger partial charge on any atom is -0.497 e. The molecular weight excluding hydrogens is 468 g/mol. The van der Waals surface area contributed by atoms with Crippen LogP contribution in [0.3, 0.4) is 0 Å². The Bertz CT molecular complexity index is 1200. The molecule has 0 saturated carbocycles. The summed E-state index contributed by atoms with van der Waals surface area (Å²) >= 11 is 6.12. The number of carbonyl (C=O) groups excluding carboxylic acids is 2. The van der Waals surface area contributed by atoms with Crippen molar-refractivity contribution < 1.29 is 23.8 Å². The van der Waals surface area contributed by atoms with Gasteiger partial charge in [-0.15, -0.1) is 0 Å². The number of benzene rings is 3. The van der Waals surface area contributed by atoms with Crippen LogP contribution < -0.4 is 24.4 Å². The van der Waals surface area contributed by atoms with Crippen molar-refractivity contribution in [1.29, 1.82) is 0 Å². The highest BCUT2D eigenvalue weighted by atomic mass is 35.5. The first-order chi connectivity index (χ1) is 16.9. The number of anilines is 2. The summed E-state index contributed by atoms with van der Waals surface area (Å²) in [5, 5.41) is 3.50. The standard InChI is InChI=1S/C27H27ClN2O5/c1-18-27(32)30(17-19-5-3-6-20(28)15-19)24-16-21(8-13-25(24)35-18)29-26(31)7-4-14-34-23-11-9-22(33-2)10-12-23/h3,5-6,8-13,15-16,18H,4,7,14,17H2,1-2H3,(H,29,31). The summed E-state index contributed by atoms with van der Waals surface area (Å²) in [6.07, 6.45) is 0.252. The van der Waals surface area contributed by atoms with Crippen molar-refractivity contribution in [2.24, 2.45) is 0 Å². The summed E-state index contributed by atoms with van der Waals surface area (Å²) in [5.74, 6) is 1.77. The van der Waals surface area contributed by atoms with Gasteiger partial charge in [-0.25, -0.2) is 0 Å². The molecule has 182 valence electrons. The largest absolute Gasteiger partial charge is 0.497 e. The molecule has 0 saturated heterocycles. The van der Waals surface area contributed by atoms with Crippen LogP contribution in [-0.2, 0) is 16.1 Å². The molecule has 1 atom stereocenters. The highest BCUT2D eigenvalue weighted by molar-refractivity contribution is 6.30. The maximum Gasteiger partial charge on any atom is 0.268 e. The van der Waals surface area contributed by atoms with Gasteiger partial charge < -0.3 is 24.4 Å². The Kier molecular flexibility index (Phi) is 7.77. The monoisotopic (exact) mass is 494 g/mol. The second kappa shape index (κ2) is 11.1. The Labute approximate surface area is 209 Å². The number of methoxy groups -OCH3 is 1. The van der Waals surface area contributed by atoms with Gasteiger partial charge in [-0.2, -0.15) is 0 Å². The molecule has 35 heavy (non-hydrogen) atoms. The fraction of sp³-hybridized carbons (Fsp3) is 0.259. The average molecular weight is 495 g/mol. The highest BCUT2D eigenvalue weighted by Crippen LogP contribution is 2.37. The van der Waals surface area contributed by atoms with Crippen molar-refractivity contribution >= 4 is 34.8 Å². The first kappa shape index (κ1) is 24.4. The van der Waals surface area contributed by atoms with Crippen molar-refractivity contribution in [2.75, 3.05) is 23.9 Å². The number of amides is 2. The molecule has 1 N–H and O–H groups in total. The molecule has 7 nitrogen and oxygen atoms in total. The summed E-state index contributed by atoms with van der Waals surface area (Å²) in [6.45, 7) is 2.48. The number of rotatable bonds is 9. The smallest absolute Gasteiger partial charge is 0.268 e. The molecule has 0 fully saturated rings.